The second-order valence-corrected chi connectivity index (χ2v) is 46.5. The molecule has 0 aliphatic carbocycles. The van der Waals surface area contributed by atoms with Crippen molar-refractivity contribution in [1.82, 2.24) is 39.0 Å². The maximum Gasteiger partial charge on any atom is 0.356 e. The van der Waals surface area contributed by atoms with E-state index in [1.807, 2.05) is 130 Å². The highest BCUT2D eigenvalue weighted by Gasteiger charge is 2.29. The molecule has 9 aromatic rings. The standard InChI is InChI=1S/2C22H29Cl2N2O5PS.C20H20Cl2N2OS.C13H14Cl2N2OS.C10H19O4P.C9H17O5P.C5H8O/c2*1-5-30-32(28,31-6-2)15-29-10-8-7-9-26-20(14-27)25-21(16(3)4)22(26)33-19-12-17(23)11-18(24)13-19;1-13(2)19-20(26-17-9-15(21)8-16(22)10-17)24-18(23-19)12-25-11-14-6-4-3-5-7-14;1-7(2)12-13(17-11(6-18)16-12)19-10-4-8(14)3-9(15)5-10;1-4-7-8-9-12-10-15(11,13-5-2)14-6-3;1-3-13-15(11,14-4-2)9-12-8-6-5-7-10;1-2-3-4-5-6/h2*11-13,16,27H,5-6,9-10,14-15H2,1-4H3;3-10,13H,11-12H2,1-2H3,(H,23,24);3-5,7,18H,6H2,1-2H3,(H,16,17);4-6,9-10H2,1-3H3;10H,3-4,7-9H2,1-2H3;6H,2,5H2,1H3. The van der Waals surface area contributed by atoms with E-state index < -0.39 is 30.4 Å². The number of aliphatic hydroxyl groups excluding tert-OH is 5. The summed E-state index contributed by atoms with van der Waals surface area (Å²) in [5.74, 6) is 31.0. The van der Waals surface area contributed by atoms with Crippen LogP contribution in [0.3, 0.4) is 0 Å². The van der Waals surface area contributed by atoms with Crippen molar-refractivity contribution in [3.63, 3.8) is 0 Å². The van der Waals surface area contributed by atoms with E-state index in [0.717, 1.165) is 86.7 Å². The molecule has 46 heteroatoms. The molecule has 0 radical (unpaired) electrons. The Labute approximate surface area is 924 Å². The largest absolute Gasteiger partial charge is 0.388 e. The number of H-pyrrole nitrogens is 2. The summed E-state index contributed by atoms with van der Waals surface area (Å²) in [6.45, 7) is 38.2. The van der Waals surface area contributed by atoms with Gasteiger partial charge >= 0.3 is 30.4 Å². The maximum atomic E-state index is 12.4. The lowest BCUT2D eigenvalue weighted by atomic mass is 10.1. The van der Waals surface area contributed by atoms with Crippen LogP contribution in [0.15, 0.2) is 143 Å². The number of hydrogen-bond acceptors (Lipinski definition) is 30. The monoisotopic (exact) mass is 2340 g/mol. The van der Waals surface area contributed by atoms with Gasteiger partial charge in [0.25, 0.3) is 0 Å². The molecule has 0 fully saturated rings. The van der Waals surface area contributed by atoms with Gasteiger partial charge in [-0.2, -0.15) is 0 Å². The molecule has 0 saturated heterocycles. The molecular formula is C101H136Cl8N8O22P4S4. The Morgan fingerprint density at radius 2 is 0.612 bits per heavy atom. The van der Waals surface area contributed by atoms with Gasteiger partial charge in [-0.15, -0.1) is 11.8 Å². The van der Waals surface area contributed by atoms with Crippen LogP contribution < -0.4 is 0 Å². The fourth-order valence-electron chi connectivity index (χ4n) is 11.8. The van der Waals surface area contributed by atoms with Crippen LogP contribution in [0.4, 0.5) is 0 Å². The Morgan fingerprint density at radius 3 is 0.884 bits per heavy atom. The summed E-state index contributed by atoms with van der Waals surface area (Å²) in [5, 5.41) is 53.3. The van der Waals surface area contributed by atoms with Crippen LogP contribution >= 0.6 is 170 Å². The summed E-state index contributed by atoms with van der Waals surface area (Å²) in [6, 6.07) is 31.6. The lowest BCUT2D eigenvalue weighted by Gasteiger charge is -2.15. The highest BCUT2D eigenvalue weighted by Crippen LogP contribution is 2.51. The van der Waals surface area contributed by atoms with Crippen molar-refractivity contribution in [3.05, 3.63) is 195 Å². The number of nitrogens with zero attached hydrogens (tertiary/aromatic N) is 6. The maximum absolute atomic E-state index is 12.4. The van der Waals surface area contributed by atoms with Crippen molar-refractivity contribution in [3.8, 4) is 59.2 Å². The Morgan fingerprint density at radius 1 is 0.333 bits per heavy atom. The van der Waals surface area contributed by atoms with Crippen LogP contribution in [0.2, 0.25) is 40.2 Å². The molecule has 0 atom stereocenters. The van der Waals surface area contributed by atoms with E-state index in [1.54, 1.807) is 91.4 Å². The van der Waals surface area contributed by atoms with Crippen molar-refractivity contribution in [2.45, 2.75) is 247 Å². The lowest BCUT2D eigenvalue weighted by Crippen LogP contribution is -2.05. The Balaban J connectivity index is 0.000000459. The van der Waals surface area contributed by atoms with Gasteiger partial charge in [0.05, 0.1) is 95.3 Å². The number of nitrogens with one attached hydrogen (secondary N) is 2. The second kappa shape index (κ2) is 77.1. The van der Waals surface area contributed by atoms with E-state index in [4.69, 9.17) is 173 Å². The molecular weight excluding hydrogens is 2210 g/mol. The van der Waals surface area contributed by atoms with Gasteiger partial charge in [0, 0.05) is 72.6 Å². The number of ether oxygens (including phenoxy) is 5. The molecule has 0 spiro atoms. The van der Waals surface area contributed by atoms with Crippen LogP contribution in [0, 0.1) is 59.2 Å². The zero-order chi connectivity index (χ0) is 109. The predicted molar refractivity (Wildman–Crippen MR) is 593 cm³/mol. The molecule has 5 aromatic carbocycles. The summed E-state index contributed by atoms with van der Waals surface area (Å²) in [4.78, 5) is 28.5. The zero-order valence-electron chi connectivity index (χ0n) is 86.0. The predicted octanol–water partition coefficient (Wildman–Crippen LogP) is 27.8. The van der Waals surface area contributed by atoms with Gasteiger partial charge in [-0.1, -0.05) is 287 Å². The van der Waals surface area contributed by atoms with Crippen molar-refractivity contribution in [1.29, 1.82) is 0 Å². The normalized spacial score (nSPS) is 11.1. The van der Waals surface area contributed by atoms with Gasteiger partial charge in [-0.3, -0.25) is 18.3 Å². The van der Waals surface area contributed by atoms with Gasteiger partial charge in [-0.25, -0.2) is 19.9 Å². The molecule has 147 heavy (non-hydrogen) atoms. The second-order valence-electron chi connectivity index (χ2n) is 30.8. The Bertz CT molecular complexity index is 5590. The number of aliphatic hydroxyl groups is 5. The van der Waals surface area contributed by atoms with Crippen LogP contribution in [-0.2, 0) is 124 Å². The minimum atomic E-state index is -3.26. The summed E-state index contributed by atoms with van der Waals surface area (Å²) in [7, 11) is -12.7. The molecule has 0 bridgehead atoms. The average molecular weight is 2350 g/mol. The van der Waals surface area contributed by atoms with Crippen molar-refractivity contribution in [2.24, 2.45) is 0 Å². The molecule has 9 rings (SSSR count). The Kier molecular flexibility index (Phi) is 71.2. The molecule has 0 aliphatic heterocycles. The topological polar surface area (TPSA) is 382 Å². The highest BCUT2D eigenvalue weighted by molar-refractivity contribution is 8.00. The molecule has 812 valence electrons. The van der Waals surface area contributed by atoms with E-state index in [2.05, 4.69) is 112 Å². The van der Waals surface area contributed by atoms with E-state index in [9.17, 15) is 28.5 Å². The van der Waals surface area contributed by atoms with Crippen molar-refractivity contribution < 1.29 is 104 Å². The minimum absolute atomic E-state index is 0.00611. The summed E-state index contributed by atoms with van der Waals surface area (Å²) < 4.78 is 120. The molecule has 4 aromatic heterocycles. The minimum Gasteiger partial charge on any atom is -0.388 e. The third-order valence-corrected chi connectivity index (χ3v) is 30.8. The highest BCUT2D eigenvalue weighted by atomic mass is 35.5. The number of hydrogen-bond donors (Lipinski definition) is 7. The number of benzene rings is 5. The first-order valence-electron chi connectivity index (χ1n) is 46.9. The first-order valence-corrected chi connectivity index (χ1v) is 60.1. The van der Waals surface area contributed by atoms with Crippen LogP contribution in [0.5, 0.6) is 0 Å². The van der Waals surface area contributed by atoms with Gasteiger partial charge in [-0.05, 0) is 157 Å². The average Bonchev–Trinajstić information content (AvgIpc) is 1.65. The van der Waals surface area contributed by atoms with Crippen LogP contribution in [0.1, 0.15) is 213 Å². The summed E-state index contributed by atoms with van der Waals surface area (Å²) >= 11 is 54.8. The van der Waals surface area contributed by atoms with Gasteiger partial charge in [0.15, 0.2) is 0 Å². The molecule has 4 heterocycles. The van der Waals surface area contributed by atoms with Crippen molar-refractivity contribution in [2.75, 3.05) is 118 Å². The third-order valence-electron chi connectivity index (χ3n) is 17.7. The van der Waals surface area contributed by atoms with E-state index in [0.29, 0.717) is 122 Å². The zero-order valence-corrected chi connectivity index (χ0v) is 98.9. The lowest BCUT2D eigenvalue weighted by molar-refractivity contribution is 0.102. The quantitative estimate of drug-likeness (QED) is 0.0106. The summed E-state index contributed by atoms with van der Waals surface area (Å²) in [6.07, 6.45) is 1.15. The Hall–Kier alpha value is -5.34. The van der Waals surface area contributed by atoms with Gasteiger partial charge in [0.2, 0.25) is 0 Å². The molecule has 0 saturated carbocycles. The van der Waals surface area contributed by atoms with Crippen LogP contribution in [0.25, 0.3) is 0 Å². The fraction of sp³-hybridized carbons (Fsp3) is 0.485. The van der Waals surface area contributed by atoms with Gasteiger partial charge < -0.3 is 105 Å². The first kappa shape index (κ1) is 136. The molecule has 30 nitrogen and oxygen atoms in total. The molecule has 0 amide bonds. The number of imidazole rings is 4. The van der Waals surface area contributed by atoms with Gasteiger partial charge in [0.1, 0.15) is 135 Å². The van der Waals surface area contributed by atoms with E-state index >= 15 is 0 Å². The van der Waals surface area contributed by atoms with E-state index in [-0.39, 0.29) is 123 Å². The molecule has 0 aliphatic rings. The van der Waals surface area contributed by atoms with E-state index in [1.165, 1.54) is 35.3 Å². The number of rotatable bonds is 49. The van der Waals surface area contributed by atoms with Crippen LogP contribution in [-0.4, -0.2) is 182 Å². The SMILES string of the molecule is CC(C)c1[nH]c(CO)nc1Sc1cc(Cl)cc(Cl)c1.CC(C)c1[nH]c(COCc2ccccc2)nc1Sc1cc(Cl)cc(Cl)c1.CCC#CCO.CCC#CCOCP(=O)(OCC)OCC.CCOP(=O)(COCC#CCO)OCC.CCOP(=O)(COCC#CCn1c(CO)nc(C(C)C)c1Sc1cc(Cl)cc(Cl)c1)OCC.CCOP(=O)(COCC#CCn1c(CO)nc(C(C)C)c1Sc1cc(Cl)cc(Cl)c1)OCC. The molecule has 7 N–H and O–H groups in total. The number of halogens is 8. The summed E-state index contributed by atoms with van der Waals surface area (Å²) in [5.41, 5.74) is 4.95. The molecule has 0 unspecified atom stereocenters. The smallest absolute Gasteiger partial charge is 0.356 e. The number of aromatic amines is 2. The fourth-order valence-corrected chi connectivity index (χ4v) is 24.5. The first-order chi connectivity index (χ1) is 70.2. The number of aromatic nitrogens is 8. The third kappa shape index (κ3) is 55.0. The van der Waals surface area contributed by atoms with Crippen molar-refractivity contribution >= 4 is 170 Å².